The summed E-state index contributed by atoms with van der Waals surface area (Å²) >= 11 is 0. The van der Waals surface area contributed by atoms with Crippen LogP contribution in [-0.4, -0.2) is 60.9 Å². The Bertz CT molecular complexity index is 645. The van der Waals surface area contributed by atoms with Gasteiger partial charge < -0.3 is 14.2 Å². The maximum absolute atomic E-state index is 12.8. The average Bonchev–Trinajstić information content (AvgIpc) is 3.34. The lowest BCUT2D eigenvalue weighted by Crippen LogP contribution is -2.48. The SMILES string of the molecule is CC(=O)OC[C@@H](C(=O)O[C@@H]1C[C@@H]2[C@H]3O[C@H]3[C@H](C1)N2C)c1ccccc1. The van der Waals surface area contributed by atoms with Gasteiger partial charge >= 0.3 is 11.9 Å². The lowest BCUT2D eigenvalue weighted by atomic mass is 9.97. The van der Waals surface area contributed by atoms with Crippen molar-refractivity contribution in [2.45, 2.75) is 56.1 Å². The molecular formula is C19H23NO5. The molecule has 0 aliphatic carbocycles. The molecule has 4 rings (SSSR count). The van der Waals surface area contributed by atoms with E-state index in [2.05, 4.69) is 11.9 Å². The van der Waals surface area contributed by atoms with E-state index in [1.54, 1.807) is 0 Å². The van der Waals surface area contributed by atoms with E-state index in [0.717, 1.165) is 18.4 Å². The predicted octanol–water partition coefficient (Wildman–Crippen LogP) is 1.49. The zero-order valence-electron chi connectivity index (χ0n) is 14.5. The molecule has 3 aliphatic rings. The largest absolute Gasteiger partial charge is 0.465 e. The molecule has 25 heavy (non-hydrogen) atoms. The summed E-state index contributed by atoms with van der Waals surface area (Å²) in [6, 6.07) is 10.0. The van der Waals surface area contributed by atoms with Crippen LogP contribution >= 0.6 is 0 Å². The Labute approximate surface area is 147 Å². The fraction of sp³-hybridized carbons (Fsp3) is 0.579. The Hall–Kier alpha value is -1.92. The number of piperidine rings is 1. The first-order valence-electron chi connectivity index (χ1n) is 8.81. The Morgan fingerprint density at radius 2 is 1.84 bits per heavy atom. The van der Waals surface area contributed by atoms with Gasteiger partial charge in [-0.25, -0.2) is 0 Å². The molecule has 3 fully saturated rings. The van der Waals surface area contributed by atoms with Crippen molar-refractivity contribution in [3.8, 4) is 0 Å². The van der Waals surface area contributed by atoms with Gasteiger partial charge in [0.25, 0.3) is 0 Å². The molecule has 1 aromatic rings. The number of fused-ring (bicyclic) bond motifs is 5. The molecule has 3 saturated heterocycles. The standard InChI is InChI=1S/C19H23NO5/c1-11(21)23-10-14(12-6-4-3-5-7-12)19(22)24-13-8-15-17-18(25-17)16(9-13)20(15)2/h3-7,13-18H,8-10H2,1-2H3/t13-,14-,15-,16+,17-,18+/m1/s1. The lowest BCUT2D eigenvalue weighted by molar-refractivity contribution is -0.158. The van der Waals surface area contributed by atoms with Gasteiger partial charge in [-0.2, -0.15) is 0 Å². The second-order valence-electron chi connectivity index (χ2n) is 7.16. The number of epoxide rings is 1. The Kier molecular flexibility index (Phi) is 4.25. The van der Waals surface area contributed by atoms with Gasteiger partial charge in [0, 0.05) is 31.8 Å². The summed E-state index contributed by atoms with van der Waals surface area (Å²) in [7, 11) is 2.12. The number of rotatable bonds is 5. The summed E-state index contributed by atoms with van der Waals surface area (Å²) in [4.78, 5) is 26.3. The third-order valence-corrected chi connectivity index (χ3v) is 5.60. The van der Waals surface area contributed by atoms with Crippen molar-refractivity contribution in [3.63, 3.8) is 0 Å². The highest BCUT2D eigenvalue weighted by atomic mass is 16.6. The third kappa shape index (κ3) is 3.16. The van der Waals surface area contributed by atoms with Crippen LogP contribution in [0.4, 0.5) is 0 Å². The number of nitrogens with zero attached hydrogens (tertiary/aromatic N) is 1. The number of hydrogen-bond acceptors (Lipinski definition) is 6. The number of hydrogen-bond donors (Lipinski definition) is 0. The van der Waals surface area contributed by atoms with Gasteiger partial charge in [-0.3, -0.25) is 14.5 Å². The number of carbonyl (C=O) groups is 2. The molecule has 0 saturated carbocycles. The van der Waals surface area contributed by atoms with Crippen molar-refractivity contribution < 1.29 is 23.8 Å². The predicted molar refractivity (Wildman–Crippen MR) is 88.9 cm³/mol. The van der Waals surface area contributed by atoms with Crippen molar-refractivity contribution in [2.75, 3.05) is 13.7 Å². The van der Waals surface area contributed by atoms with Crippen LogP contribution in [0.25, 0.3) is 0 Å². The molecule has 3 heterocycles. The van der Waals surface area contributed by atoms with Crippen LogP contribution in [0.3, 0.4) is 0 Å². The highest BCUT2D eigenvalue weighted by molar-refractivity contribution is 5.79. The van der Waals surface area contributed by atoms with Crippen molar-refractivity contribution in [1.82, 2.24) is 4.90 Å². The van der Waals surface area contributed by atoms with E-state index in [4.69, 9.17) is 14.2 Å². The zero-order chi connectivity index (χ0) is 17.6. The quantitative estimate of drug-likeness (QED) is 0.595. The van der Waals surface area contributed by atoms with Crippen LogP contribution in [0, 0.1) is 0 Å². The second kappa shape index (κ2) is 6.42. The van der Waals surface area contributed by atoms with Crippen molar-refractivity contribution in [3.05, 3.63) is 35.9 Å². The van der Waals surface area contributed by atoms with Gasteiger partial charge in [-0.05, 0) is 12.6 Å². The average molecular weight is 345 g/mol. The van der Waals surface area contributed by atoms with Crippen LogP contribution in [0.1, 0.15) is 31.2 Å². The Morgan fingerprint density at radius 1 is 1.20 bits per heavy atom. The van der Waals surface area contributed by atoms with Gasteiger partial charge in [0.1, 0.15) is 30.8 Å². The zero-order valence-corrected chi connectivity index (χ0v) is 14.5. The molecule has 1 aromatic carbocycles. The maximum Gasteiger partial charge on any atom is 0.317 e. The Balaban J connectivity index is 1.43. The number of benzene rings is 1. The summed E-state index contributed by atoms with van der Waals surface area (Å²) in [6.45, 7) is 1.35. The molecule has 6 atom stereocenters. The summed E-state index contributed by atoms with van der Waals surface area (Å²) in [5.41, 5.74) is 0.802. The minimum Gasteiger partial charge on any atom is -0.465 e. The fourth-order valence-electron chi connectivity index (χ4n) is 4.23. The number of likely N-dealkylation sites (N-methyl/N-ethyl adjacent to an activating group) is 1. The topological polar surface area (TPSA) is 68.4 Å². The molecule has 0 unspecified atom stereocenters. The first-order valence-corrected chi connectivity index (χ1v) is 8.81. The minimum atomic E-state index is -0.590. The molecule has 0 radical (unpaired) electrons. The van der Waals surface area contributed by atoms with E-state index in [0.29, 0.717) is 24.3 Å². The van der Waals surface area contributed by atoms with Gasteiger partial charge in [-0.15, -0.1) is 0 Å². The number of ether oxygens (including phenoxy) is 3. The molecule has 2 bridgehead atoms. The smallest absolute Gasteiger partial charge is 0.317 e. The maximum atomic E-state index is 12.8. The summed E-state index contributed by atoms with van der Waals surface area (Å²) in [6.07, 6.45) is 2.12. The minimum absolute atomic E-state index is 0.00597. The van der Waals surface area contributed by atoms with E-state index in [9.17, 15) is 9.59 Å². The molecule has 134 valence electrons. The van der Waals surface area contributed by atoms with E-state index < -0.39 is 11.9 Å². The Morgan fingerprint density at radius 3 is 2.44 bits per heavy atom. The molecule has 6 heteroatoms. The summed E-state index contributed by atoms with van der Waals surface area (Å²) < 4.78 is 16.6. The second-order valence-corrected chi connectivity index (χ2v) is 7.16. The van der Waals surface area contributed by atoms with Gasteiger partial charge in [0.05, 0.1) is 0 Å². The fourth-order valence-corrected chi connectivity index (χ4v) is 4.23. The van der Waals surface area contributed by atoms with E-state index in [1.165, 1.54) is 6.92 Å². The summed E-state index contributed by atoms with van der Waals surface area (Å²) in [5.74, 6) is -1.31. The lowest BCUT2D eigenvalue weighted by Gasteiger charge is -2.38. The van der Waals surface area contributed by atoms with Gasteiger partial charge in [-0.1, -0.05) is 30.3 Å². The van der Waals surface area contributed by atoms with Crippen LogP contribution in [0.5, 0.6) is 0 Å². The molecule has 0 N–H and O–H groups in total. The van der Waals surface area contributed by atoms with E-state index in [-0.39, 0.29) is 18.7 Å². The molecule has 3 aliphatic heterocycles. The van der Waals surface area contributed by atoms with Crippen LogP contribution in [0.2, 0.25) is 0 Å². The first kappa shape index (κ1) is 16.5. The van der Waals surface area contributed by atoms with E-state index >= 15 is 0 Å². The summed E-state index contributed by atoms with van der Waals surface area (Å²) in [5, 5.41) is 0. The third-order valence-electron chi connectivity index (χ3n) is 5.60. The van der Waals surface area contributed by atoms with Crippen molar-refractivity contribution >= 4 is 11.9 Å². The van der Waals surface area contributed by atoms with Gasteiger partial charge in [0.15, 0.2) is 0 Å². The molecule has 0 amide bonds. The molecule has 0 aromatic heterocycles. The van der Waals surface area contributed by atoms with Crippen molar-refractivity contribution in [2.24, 2.45) is 0 Å². The van der Waals surface area contributed by atoms with Gasteiger partial charge in [0.2, 0.25) is 0 Å². The normalized spacial score (nSPS) is 34.1. The van der Waals surface area contributed by atoms with Crippen LogP contribution < -0.4 is 0 Å². The molecule has 0 spiro atoms. The monoisotopic (exact) mass is 345 g/mol. The highest BCUT2D eigenvalue weighted by Crippen LogP contribution is 2.48. The van der Waals surface area contributed by atoms with E-state index in [1.807, 2.05) is 30.3 Å². The number of carbonyl (C=O) groups excluding carboxylic acids is 2. The number of esters is 2. The van der Waals surface area contributed by atoms with Crippen LogP contribution in [-0.2, 0) is 23.8 Å². The van der Waals surface area contributed by atoms with Crippen molar-refractivity contribution in [1.29, 1.82) is 0 Å². The van der Waals surface area contributed by atoms with Crippen LogP contribution in [0.15, 0.2) is 30.3 Å². The molecule has 6 nitrogen and oxygen atoms in total. The first-order chi connectivity index (χ1) is 12.0. The molecular weight excluding hydrogens is 322 g/mol. The highest BCUT2D eigenvalue weighted by Gasteiger charge is 2.62. The number of morpholine rings is 1.